The zero-order valence-corrected chi connectivity index (χ0v) is 10.3. The molecule has 0 aliphatic heterocycles. The van der Waals surface area contributed by atoms with E-state index in [0.29, 0.717) is 6.04 Å². The summed E-state index contributed by atoms with van der Waals surface area (Å²) in [4.78, 5) is 4.22. The molecule has 4 heteroatoms. The second-order valence-corrected chi connectivity index (χ2v) is 4.84. The Balaban J connectivity index is 1.71. The summed E-state index contributed by atoms with van der Waals surface area (Å²) in [6.07, 6.45) is 8.48. The first kappa shape index (κ1) is 11.6. The Morgan fingerprint density at radius 3 is 2.69 bits per heavy atom. The van der Waals surface area contributed by atoms with Crippen LogP contribution in [-0.2, 0) is 13.6 Å². The first-order valence-electron chi connectivity index (χ1n) is 6.35. The fourth-order valence-corrected chi connectivity index (χ4v) is 2.48. The first-order valence-corrected chi connectivity index (χ1v) is 6.35. The highest BCUT2D eigenvalue weighted by molar-refractivity contribution is 4.83. The summed E-state index contributed by atoms with van der Waals surface area (Å²) in [5.41, 5.74) is 0. The van der Waals surface area contributed by atoms with Crippen LogP contribution in [0.2, 0.25) is 0 Å². The van der Waals surface area contributed by atoms with E-state index in [1.54, 1.807) is 11.0 Å². The molecule has 0 radical (unpaired) electrons. The van der Waals surface area contributed by atoms with Crippen molar-refractivity contribution in [2.45, 2.75) is 51.6 Å². The summed E-state index contributed by atoms with van der Waals surface area (Å²) in [5.74, 6) is 1.87. The molecule has 90 valence electrons. The van der Waals surface area contributed by atoms with Gasteiger partial charge in [-0.3, -0.25) is 4.68 Å². The van der Waals surface area contributed by atoms with Crippen LogP contribution in [0.25, 0.3) is 0 Å². The smallest absolute Gasteiger partial charge is 0.164 e. The molecule has 1 fully saturated rings. The number of aromatic nitrogens is 3. The van der Waals surface area contributed by atoms with Gasteiger partial charge in [0.15, 0.2) is 5.82 Å². The van der Waals surface area contributed by atoms with E-state index in [1.165, 1.54) is 32.1 Å². The van der Waals surface area contributed by atoms with Crippen LogP contribution in [0.15, 0.2) is 6.33 Å². The van der Waals surface area contributed by atoms with E-state index in [1.807, 2.05) is 7.05 Å². The van der Waals surface area contributed by atoms with Crippen molar-refractivity contribution in [3.63, 3.8) is 0 Å². The van der Waals surface area contributed by atoms with Crippen molar-refractivity contribution in [2.24, 2.45) is 13.0 Å². The highest BCUT2D eigenvalue weighted by atomic mass is 15.3. The Morgan fingerprint density at radius 1 is 1.38 bits per heavy atom. The molecule has 16 heavy (non-hydrogen) atoms. The maximum atomic E-state index is 4.27. The minimum absolute atomic E-state index is 0.673. The largest absolute Gasteiger partial charge is 0.307 e. The topological polar surface area (TPSA) is 42.7 Å². The van der Waals surface area contributed by atoms with Gasteiger partial charge in [0.25, 0.3) is 0 Å². The van der Waals surface area contributed by atoms with Gasteiger partial charge in [-0.25, -0.2) is 4.98 Å². The number of rotatable bonds is 4. The lowest BCUT2D eigenvalue weighted by Gasteiger charge is -2.28. The molecule has 0 bridgehead atoms. The number of nitrogens with one attached hydrogen (secondary N) is 1. The fraction of sp³-hybridized carbons (Fsp3) is 0.833. The SMILES string of the molecule is CCC1CCC(NCc2ncn(C)n2)CC1. The normalized spacial score (nSPS) is 25.9. The van der Waals surface area contributed by atoms with Crippen molar-refractivity contribution in [3.05, 3.63) is 12.2 Å². The summed E-state index contributed by atoms with van der Waals surface area (Å²) in [6, 6.07) is 0.673. The maximum Gasteiger partial charge on any atom is 0.164 e. The third-order valence-electron chi connectivity index (χ3n) is 3.62. The van der Waals surface area contributed by atoms with Crippen LogP contribution in [-0.4, -0.2) is 20.8 Å². The third kappa shape index (κ3) is 3.04. The van der Waals surface area contributed by atoms with Gasteiger partial charge in [-0.15, -0.1) is 0 Å². The third-order valence-corrected chi connectivity index (χ3v) is 3.62. The predicted molar refractivity (Wildman–Crippen MR) is 63.9 cm³/mol. The molecule has 1 aliphatic carbocycles. The molecule has 0 unspecified atom stereocenters. The molecule has 0 spiro atoms. The lowest BCUT2D eigenvalue weighted by Crippen LogP contribution is -2.33. The van der Waals surface area contributed by atoms with Gasteiger partial charge in [0.1, 0.15) is 6.33 Å². The van der Waals surface area contributed by atoms with E-state index < -0.39 is 0 Å². The lowest BCUT2D eigenvalue weighted by molar-refractivity contribution is 0.284. The second-order valence-electron chi connectivity index (χ2n) is 4.84. The second kappa shape index (κ2) is 5.43. The molecule has 1 N–H and O–H groups in total. The maximum absolute atomic E-state index is 4.27. The van der Waals surface area contributed by atoms with Crippen LogP contribution in [0, 0.1) is 5.92 Å². The quantitative estimate of drug-likeness (QED) is 0.845. The Morgan fingerprint density at radius 2 is 2.12 bits per heavy atom. The van der Waals surface area contributed by atoms with Crippen molar-refractivity contribution in [2.75, 3.05) is 0 Å². The van der Waals surface area contributed by atoms with Crippen LogP contribution in [0.1, 0.15) is 44.9 Å². The minimum atomic E-state index is 0.673. The molecule has 2 rings (SSSR count). The Labute approximate surface area is 97.5 Å². The first-order chi connectivity index (χ1) is 7.78. The molecule has 0 saturated heterocycles. The fourth-order valence-electron chi connectivity index (χ4n) is 2.48. The number of nitrogens with zero attached hydrogens (tertiary/aromatic N) is 3. The van der Waals surface area contributed by atoms with Gasteiger partial charge in [0.05, 0.1) is 6.54 Å². The summed E-state index contributed by atoms with van der Waals surface area (Å²) in [6.45, 7) is 3.11. The molecule has 1 aliphatic rings. The van der Waals surface area contributed by atoms with E-state index in [0.717, 1.165) is 18.3 Å². The van der Waals surface area contributed by atoms with E-state index in [-0.39, 0.29) is 0 Å². The van der Waals surface area contributed by atoms with Crippen molar-refractivity contribution < 1.29 is 0 Å². The van der Waals surface area contributed by atoms with Gasteiger partial charge in [0.2, 0.25) is 0 Å². The molecular weight excluding hydrogens is 200 g/mol. The molecule has 1 aromatic heterocycles. The van der Waals surface area contributed by atoms with E-state index in [4.69, 9.17) is 0 Å². The van der Waals surface area contributed by atoms with Crippen molar-refractivity contribution in [3.8, 4) is 0 Å². The summed E-state index contributed by atoms with van der Waals surface area (Å²) < 4.78 is 1.75. The molecule has 0 atom stereocenters. The molecule has 1 heterocycles. The monoisotopic (exact) mass is 222 g/mol. The zero-order valence-electron chi connectivity index (χ0n) is 10.3. The zero-order chi connectivity index (χ0) is 11.4. The van der Waals surface area contributed by atoms with Crippen LogP contribution < -0.4 is 5.32 Å². The minimum Gasteiger partial charge on any atom is -0.307 e. The molecule has 1 aromatic rings. The van der Waals surface area contributed by atoms with Crippen molar-refractivity contribution in [1.29, 1.82) is 0 Å². The lowest BCUT2D eigenvalue weighted by atomic mass is 9.84. The van der Waals surface area contributed by atoms with E-state index in [2.05, 4.69) is 22.3 Å². The van der Waals surface area contributed by atoms with Crippen molar-refractivity contribution >= 4 is 0 Å². The predicted octanol–water partition coefficient (Wildman–Crippen LogP) is 1.87. The van der Waals surface area contributed by atoms with Gasteiger partial charge < -0.3 is 5.32 Å². The van der Waals surface area contributed by atoms with Crippen LogP contribution in [0.4, 0.5) is 0 Å². The van der Waals surface area contributed by atoms with Gasteiger partial charge >= 0.3 is 0 Å². The molecule has 0 amide bonds. The molecular formula is C12H22N4. The van der Waals surface area contributed by atoms with Crippen LogP contribution in [0.5, 0.6) is 0 Å². The number of hydrogen-bond acceptors (Lipinski definition) is 3. The van der Waals surface area contributed by atoms with E-state index in [9.17, 15) is 0 Å². The summed E-state index contributed by atoms with van der Waals surface area (Å²) >= 11 is 0. The average molecular weight is 222 g/mol. The summed E-state index contributed by atoms with van der Waals surface area (Å²) in [5, 5.41) is 7.83. The van der Waals surface area contributed by atoms with Gasteiger partial charge in [-0.1, -0.05) is 13.3 Å². The Bertz CT molecular complexity index is 313. The molecule has 0 aromatic carbocycles. The standard InChI is InChI=1S/C12H22N4/c1-3-10-4-6-11(7-5-10)13-8-12-14-9-16(2)15-12/h9-11,13H,3-8H2,1-2H3. The number of hydrogen-bond donors (Lipinski definition) is 1. The van der Waals surface area contributed by atoms with E-state index >= 15 is 0 Å². The van der Waals surface area contributed by atoms with Crippen LogP contribution in [0.3, 0.4) is 0 Å². The summed E-state index contributed by atoms with van der Waals surface area (Å²) in [7, 11) is 1.91. The van der Waals surface area contributed by atoms with Gasteiger partial charge in [-0.2, -0.15) is 5.10 Å². The molecule has 1 saturated carbocycles. The van der Waals surface area contributed by atoms with Gasteiger partial charge in [-0.05, 0) is 31.6 Å². The Kier molecular flexibility index (Phi) is 3.93. The molecule has 4 nitrogen and oxygen atoms in total. The van der Waals surface area contributed by atoms with Crippen LogP contribution >= 0.6 is 0 Å². The van der Waals surface area contributed by atoms with Gasteiger partial charge in [0, 0.05) is 13.1 Å². The average Bonchev–Trinajstić information content (AvgIpc) is 2.73. The Hall–Kier alpha value is -0.900. The highest BCUT2D eigenvalue weighted by Gasteiger charge is 2.19. The number of aryl methyl sites for hydroxylation is 1. The highest BCUT2D eigenvalue weighted by Crippen LogP contribution is 2.26. The van der Waals surface area contributed by atoms with Crippen molar-refractivity contribution in [1.82, 2.24) is 20.1 Å².